The summed E-state index contributed by atoms with van der Waals surface area (Å²) in [5, 5.41) is 9.91. The Morgan fingerprint density at radius 3 is 2.60 bits per heavy atom. The summed E-state index contributed by atoms with van der Waals surface area (Å²) < 4.78 is 19.6. The van der Waals surface area contributed by atoms with Gasteiger partial charge in [-0.2, -0.15) is 0 Å². The molecule has 0 bridgehead atoms. The maximum Gasteiger partial charge on any atom is 0.227 e. The Bertz CT molecular complexity index is 722. The molecule has 1 fully saturated rings. The molecule has 1 N–H and O–H groups in total. The SMILES string of the molecule is O=C(Cc1ccccc1F)N1CCO[C@@](CO)(Cc2ccccc2)C1. The number of benzene rings is 2. The van der Waals surface area contributed by atoms with Gasteiger partial charge in [-0.25, -0.2) is 4.39 Å². The number of ether oxygens (including phenoxy) is 1. The van der Waals surface area contributed by atoms with Gasteiger partial charge in [0.25, 0.3) is 0 Å². The normalized spacial score (nSPS) is 20.5. The summed E-state index contributed by atoms with van der Waals surface area (Å²) in [6, 6.07) is 16.1. The number of carbonyl (C=O) groups excluding carboxylic acids is 1. The van der Waals surface area contributed by atoms with Crippen LogP contribution in [0.25, 0.3) is 0 Å². The number of aliphatic hydroxyl groups excluding tert-OH is 1. The van der Waals surface area contributed by atoms with E-state index < -0.39 is 5.60 Å². The molecule has 5 heteroatoms. The highest BCUT2D eigenvalue weighted by Gasteiger charge is 2.38. The molecule has 0 unspecified atom stereocenters. The van der Waals surface area contributed by atoms with Gasteiger partial charge < -0.3 is 14.7 Å². The van der Waals surface area contributed by atoms with Crippen LogP contribution in [0.4, 0.5) is 4.39 Å². The van der Waals surface area contributed by atoms with Crippen LogP contribution in [0, 0.1) is 5.82 Å². The Kier molecular flexibility index (Phi) is 5.46. The van der Waals surface area contributed by atoms with Crippen LogP contribution in [-0.4, -0.2) is 47.8 Å². The molecular formula is C20H22FNO3. The van der Waals surface area contributed by atoms with E-state index in [1.807, 2.05) is 30.3 Å². The van der Waals surface area contributed by atoms with Crippen molar-refractivity contribution in [3.63, 3.8) is 0 Å². The number of carbonyl (C=O) groups is 1. The van der Waals surface area contributed by atoms with E-state index in [9.17, 15) is 14.3 Å². The number of rotatable bonds is 5. The van der Waals surface area contributed by atoms with Crippen LogP contribution < -0.4 is 0 Å². The molecule has 1 atom stereocenters. The third-order valence-electron chi connectivity index (χ3n) is 4.56. The lowest BCUT2D eigenvalue weighted by molar-refractivity contribution is -0.157. The quantitative estimate of drug-likeness (QED) is 0.905. The van der Waals surface area contributed by atoms with Gasteiger partial charge in [-0.1, -0.05) is 48.5 Å². The topological polar surface area (TPSA) is 49.8 Å². The molecular weight excluding hydrogens is 321 g/mol. The summed E-state index contributed by atoms with van der Waals surface area (Å²) in [7, 11) is 0. The number of hydrogen-bond donors (Lipinski definition) is 1. The van der Waals surface area contributed by atoms with Crippen molar-refractivity contribution in [1.29, 1.82) is 0 Å². The van der Waals surface area contributed by atoms with Gasteiger partial charge in [0.1, 0.15) is 11.4 Å². The minimum atomic E-state index is -0.815. The predicted molar refractivity (Wildman–Crippen MR) is 92.6 cm³/mol. The molecule has 25 heavy (non-hydrogen) atoms. The number of hydrogen-bond acceptors (Lipinski definition) is 3. The molecule has 1 aliphatic rings. The van der Waals surface area contributed by atoms with Gasteiger partial charge in [0.05, 0.1) is 26.2 Å². The van der Waals surface area contributed by atoms with Crippen LogP contribution in [0.3, 0.4) is 0 Å². The van der Waals surface area contributed by atoms with Crippen molar-refractivity contribution in [2.75, 3.05) is 26.3 Å². The maximum atomic E-state index is 13.8. The van der Waals surface area contributed by atoms with Crippen molar-refractivity contribution in [3.05, 3.63) is 71.5 Å². The van der Waals surface area contributed by atoms with E-state index in [1.165, 1.54) is 6.07 Å². The monoisotopic (exact) mass is 343 g/mol. The standard InChI is InChI=1S/C20H22FNO3/c21-18-9-5-4-8-17(18)12-19(24)22-10-11-25-20(14-22,15-23)13-16-6-2-1-3-7-16/h1-9,23H,10-15H2/t20-/m0/s1. The second-order valence-corrected chi connectivity index (χ2v) is 6.44. The van der Waals surface area contributed by atoms with Crippen molar-refractivity contribution < 1.29 is 19.0 Å². The van der Waals surface area contributed by atoms with Crippen LogP contribution >= 0.6 is 0 Å². The molecule has 1 aliphatic heterocycles. The van der Waals surface area contributed by atoms with Gasteiger partial charge in [-0.3, -0.25) is 4.79 Å². The lowest BCUT2D eigenvalue weighted by atomic mass is 9.93. The molecule has 0 aliphatic carbocycles. The molecule has 3 rings (SSSR count). The van der Waals surface area contributed by atoms with E-state index in [1.54, 1.807) is 23.1 Å². The summed E-state index contributed by atoms with van der Waals surface area (Å²) in [6.07, 6.45) is 0.535. The van der Waals surface area contributed by atoms with Gasteiger partial charge in [0, 0.05) is 13.0 Å². The first-order valence-corrected chi connectivity index (χ1v) is 8.42. The summed E-state index contributed by atoms with van der Waals surface area (Å²) in [5.41, 5.74) is 0.612. The maximum absolute atomic E-state index is 13.8. The molecule has 0 spiro atoms. The largest absolute Gasteiger partial charge is 0.393 e. The molecule has 1 amide bonds. The van der Waals surface area contributed by atoms with E-state index in [0.29, 0.717) is 31.7 Å². The van der Waals surface area contributed by atoms with Crippen LogP contribution in [0.5, 0.6) is 0 Å². The number of aliphatic hydroxyl groups is 1. The van der Waals surface area contributed by atoms with Crippen molar-refractivity contribution in [2.24, 2.45) is 0 Å². The third-order valence-corrected chi connectivity index (χ3v) is 4.56. The second-order valence-electron chi connectivity index (χ2n) is 6.44. The van der Waals surface area contributed by atoms with Crippen LogP contribution in [0.2, 0.25) is 0 Å². The minimum Gasteiger partial charge on any atom is -0.393 e. The fraction of sp³-hybridized carbons (Fsp3) is 0.350. The van der Waals surface area contributed by atoms with Crippen LogP contribution in [-0.2, 0) is 22.4 Å². The van der Waals surface area contributed by atoms with Crippen LogP contribution in [0.1, 0.15) is 11.1 Å². The Morgan fingerprint density at radius 2 is 1.88 bits per heavy atom. The summed E-state index contributed by atoms with van der Waals surface area (Å²) in [5.74, 6) is -0.527. The molecule has 2 aromatic rings. The van der Waals surface area contributed by atoms with E-state index in [0.717, 1.165) is 5.56 Å². The lowest BCUT2D eigenvalue weighted by Gasteiger charge is -2.42. The first kappa shape index (κ1) is 17.6. The highest BCUT2D eigenvalue weighted by atomic mass is 19.1. The van der Waals surface area contributed by atoms with E-state index in [2.05, 4.69) is 0 Å². The molecule has 132 valence electrons. The first-order chi connectivity index (χ1) is 12.1. The van der Waals surface area contributed by atoms with Gasteiger partial charge >= 0.3 is 0 Å². The average molecular weight is 343 g/mol. The molecule has 1 saturated heterocycles. The smallest absolute Gasteiger partial charge is 0.227 e. The highest BCUT2D eigenvalue weighted by molar-refractivity contribution is 5.79. The van der Waals surface area contributed by atoms with Crippen molar-refractivity contribution in [1.82, 2.24) is 4.90 Å². The van der Waals surface area contributed by atoms with E-state index in [4.69, 9.17) is 4.74 Å². The van der Waals surface area contributed by atoms with Crippen molar-refractivity contribution in [3.8, 4) is 0 Å². The Morgan fingerprint density at radius 1 is 1.16 bits per heavy atom. The molecule has 0 aromatic heterocycles. The molecule has 2 aromatic carbocycles. The number of nitrogens with zero attached hydrogens (tertiary/aromatic N) is 1. The Balaban J connectivity index is 1.70. The van der Waals surface area contributed by atoms with Crippen LogP contribution in [0.15, 0.2) is 54.6 Å². The fourth-order valence-corrected chi connectivity index (χ4v) is 3.20. The zero-order valence-electron chi connectivity index (χ0n) is 14.0. The number of halogens is 1. The lowest BCUT2D eigenvalue weighted by Crippen LogP contribution is -2.57. The fourth-order valence-electron chi connectivity index (χ4n) is 3.20. The summed E-state index contributed by atoms with van der Waals surface area (Å²) in [6.45, 7) is 0.928. The van der Waals surface area contributed by atoms with Crippen molar-refractivity contribution in [2.45, 2.75) is 18.4 Å². The third kappa shape index (κ3) is 4.24. The molecule has 0 saturated carbocycles. The number of morpholine rings is 1. The average Bonchev–Trinajstić information content (AvgIpc) is 2.64. The van der Waals surface area contributed by atoms with Gasteiger partial charge in [0.15, 0.2) is 0 Å². The Hall–Kier alpha value is -2.24. The molecule has 1 heterocycles. The predicted octanol–water partition coefficient (Wildman–Crippen LogP) is 2.20. The second kappa shape index (κ2) is 7.76. The summed E-state index contributed by atoms with van der Waals surface area (Å²) >= 11 is 0. The zero-order chi connectivity index (χ0) is 17.7. The Labute approximate surface area is 146 Å². The first-order valence-electron chi connectivity index (χ1n) is 8.42. The molecule has 4 nitrogen and oxygen atoms in total. The van der Waals surface area contributed by atoms with Gasteiger partial charge in [0.2, 0.25) is 5.91 Å². The van der Waals surface area contributed by atoms with E-state index >= 15 is 0 Å². The van der Waals surface area contributed by atoms with Gasteiger partial charge in [-0.15, -0.1) is 0 Å². The minimum absolute atomic E-state index is 0.0134. The van der Waals surface area contributed by atoms with E-state index in [-0.39, 0.29) is 24.8 Å². The number of amides is 1. The zero-order valence-corrected chi connectivity index (χ0v) is 14.0. The van der Waals surface area contributed by atoms with Crippen molar-refractivity contribution >= 4 is 5.91 Å². The highest BCUT2D eigenvalue weighted by Crippen LogP contribution is 2.24. The summed E-state index contributed by atoms with van der Waals surface area (Å²) in [4.78, 5) is 14.3. The molecule has 0 radical (unpaired) electrons. The van der Waals surface area contributed by atoms with Gasteiger partial charge in [-0.05, 0) is 17.2 Å².